The maximum absolute atomic E-state index is 12.3. The van der Waals surface area contributed by atoms with E-state index in [0.717, 1.165) is 27.8 Å². The monoisotopic (exact) mass is 700 g/mol. The number of aromatic carboxylic acids is 3. The van der Waals surface area contributed by atoms with Crippen LogP contribution in [0.1, 0.15) is 90.0 Å². The van der Waals surface area contributed by atoms with Crippen molar-refractivity contribution in [2.75, 3.05) is 10.2 Å². The third-order valence-corrected chi connectivity index (χ3v) is 7.93. The number of nitrogens with zero attached hydrogens (tertiary/aromatic N) is 1. The number of anilines is 2. The molecule has 4 N–H and O–H groups in total. The highest BCUT2D eigenvalue weighted by Crippen LogP contribution is 2.29. The lowest BCUT2D eigenvalue weighted by atomic mass is 10.0. The Balaban J connectivity index is 0.000000179. The average Bonchev–Trinajstić information content (AvgIpc) is 3.34. The number of amides is 3. The van der Waals surface area contributed by atoms with Gasteiger partial charge in [0.1, 0.15) is 0 Å². The van der Waals surface area contributed by atoms with Crippen molar-refractivity contribution in [1.82, 2.24) is 0 Å². The average molecular weight is 701 g/mol. The number of hydrogen-bond donors (Lipinski definition) is 4. The van der Waals surface area contributed by atoms with E-state index in [1.54, 1.807) is 61.5 Å². The van der Waals surface area contributed by atoms with Crippen molar-refractivity contribution in [1.29, 1.82) is 0 Å². The van der Waals surface area contributed by atoms with E-state index in [1.165, 1.54) is 23.1 Å². The van der Waals surface area contributed by atoms with E-state index < -0.39 is 23.8 Å². The van der Waals surface area contributed by atoms with Crippen molar-refractivity contribution in [2.24, 2.45) is 0 Å². The van der Waals surface area contributed by atoms with Crippen molar-refractivity contribution in [3.8, 4) is 0 Å². The van der Waals surface area contributed by atoms with Crippen LogP contribution in [-0.2, 0) is 0 Å². The van der Waals surface area contributed by atoms with Crippen LogP contribution in [0, 0.1) is 34.6 Å². The Morgan fingerprint density at radius 1 is 0.462 bits per heavy atom. The molecule has 0 unspecified atom stereocenters. The number of rotatable bonds is 6. The first-order chi connectivity index (χ1) is 24.6. The smallest absolute Gasteiger partial charge is 0.336 e. The normalized spacial score (nSPS) is 11.4. The van der Waals surface area contributed by atoms with Crippen molar-refractivity contribution < 1.29 is 44.1 Å². The van der Waals surface area contributed by atoms with Gasteiger partial charge in [-0.05, 0) is 95.3 Å². The van der Waals surface area contributed by atoms with Gasteiger partial charge in [-0.15, -0.1) is 0 Å². The zero-order chi connectivity index (χ0) is 38.3. The molecule has 0 saturated carbocycles. The van der Waals surface area contributed by atoms with Crippen molar-refractivity contribution >= 4 is 47.0 Å². The number of hydrogen-bond acceptors (Lipinski definition) is 6. The molecule has 11 nitrogen and oxygen atoms in total. The largest absolute Gasteiger partial charge is 0.478 e. The highest BCUT2D eigenvalue weighted by molar-refractivity contribution is 6.34. The summed E-state index contributed by atoms with van der Waals surface area (Å²) in [5, 5.41) is 29.2. The Bertz CT molecular complexity index is 2210. The summed E-state index contributed by atoms with van der Waals surface area (Å²) in [6.07, 6.45) is 0. The number of carboxylic acid groups (broad SMARTS) is 3. The molecule has 0 spiro atoms. The number of aryl methyl sites for hydroxylation is 5. The number of fused-ring (bicyclic) bond motifs is 1. The summed E-state index contributed by atoms with van der Waals surface area (Å²) in [7, 11) is 0. The van der Waals surface area contributed by atoms with Gasteiger partial charge in [0.05, 0.1) is 39.1 Å². The Labute approximate surface area is 299 Å². The maximum Gasteiger partial charge on any atom is 0.336 e. The standard InChI is InChI=1S/C16H15NO3.C16H13NO2.C9H8O4/c1-10-3-6-12(7-4-10)17-15(18)14-9-11(2)5-8-13(14)16(19)20;1-10-3-6-12(7-4-10)17-15(18)13-8-5-11(2)9-14(13)16(17)19;1-5-2-3-6(8(10)11)7(4-5)9(12)13/h3-9H,1-2H3,(H,17,18)(H,19,20);3-9H,1-2H3;2-4H,1H3,(H,10,11)(H,12,13). The third-order valence-electron chi connectivity index (χ3n) is 7.93. The zero-order valence-corrected chi connectivity index (χ0v) is 29.1. The third kappa shape index (κ3) is 9.01. The molecule has 1 aliphatic rings. The predicted octanol–water partition coefficient (Wildman–Crippen LogP) is 7.75. The van der Waals surface area contributed by atoms with E-state index in [-0.39, 0.29) is 34.1 Å². The lowest BCUT2D eigenvalue weighted by molar-refractivity contribution is 0.0651. The molecule has 1 heterocycles. The second-order valence-electron chi connectivity index (χ2n) is 12.2. The first-order valence-corrected chi connectivity index (χ1v) is 15.9. The highest BCUT2D eigenvalue weighted by atomic mass is 16.4. The fourth-order valence-electron chi connectivity index (χ4n) is 5.17. The number of carbonyl (C=O) groups excluding carboxylic acids is 3. The van der Waals surface area contributed by atoms with Gasteiger partial charge in [-0.3, -0.25) is 14.4 Å². The number of benzene rings is 5. The minimum Gasteiger partial charge on any atom is -0.478 e. The molecule has 11 heteroatoms. The van der Waals surface area contributed by atoms with Crippen LogP contribution < -0.4 is 10.2 Å². The molecule has 0 bridgehead atoms. The highest BCUT2D eigenvalue weighted by Gasteiger charge is 2.36. The number of carbonyl (C=O) groups is 6. The molecular formula is C41H36N2O9. The molecule has 0 aromatic heterocycles. The molecule has 0 atom stereocenters. The second-order valence-corrected chi connectivity index (χ2v) is 12.2. The van der Waals surface area contributed by atoms with Crippen molar-refractivity contribution in [3.05, 3.63) is 164 Å². The lowest BCUT2D eigenvalue weighted by Gasteiger charge is -2.13. The summed E-state index contributed by atoms with van der Waals surface area (Å²) in [4.78, 5) is 70.4. The van der Waals surface area contributed by atoms with Crippen molar-refractivity contribution in [2.45, 2.75) is 34.6 Å². The molecule has 0 aliphatic carbocycles. The Morgan fingerprint density at radius 2 is 0.865 bits per heavy atom. The van der Waals surface area contributed by atoms with Crippen LogP contribution in [0.3, 0.4) is 0 Å². The molecule has 5 aromatic carbocycles. The fourth-order valence-corrected chi connectivity index (χ4v) is 5.17. The maximum atomic E-state index is 12.3. The van der Waals surface area contributed by atoms with Gasteiger partial charge < -0.3 is 20.6 Å². The van der Waals surface area contributed by atoms with Gasteiger partial charge in [0.15, 0.2) is 0 Å². The van der Waals surface area contributed by atoms with E-state index in [0.29, 0.717) is 22.5 Å². The summed E-state index contributed by atoms with van der Waals surface area (Å²) in [5.41, 5.74) is 6.76. The zero-order valence-electron chi connectivity index (χ0n) is 29.1. The molecule has 0 saturated heterocycles. The molecule has 264 valence electrons. The number of nitrogens with one attached hydrogen (secondary N) is 1. The van der Waals surface area contributed by atoms with E-state index in [4.69, 9.17) is 15.3 Å². The summed E-state index contributed by atoms with van der Waals surface area (Å²) < 4.78 is 0. The molecular weight excluding hydrogens is 664 g/mol. The molecule has 3 amide bonds. The van der Waals surface area contributed by atoms with Crippen LogP contribution >= 0.6 is 0 Å². The first-order valence-electron chi connectivity index (χ1n) is 15.9. The van der Waals surface area contributed by atoms with Crippen LogP contribution in [0.2, 0.25) is 0 Å². The molecule has 52 heavy (non-hydrogen) atoms. The Kier molecular flexibility index (Phi) is 11.8. The minimum atomic E-state index is -1.22. The van der Waals surface area contributed by atoms with Gasteiger partial charge in [-0.25, -0.2) is 19.3 Å². The SMILES string of the molecule is Cc1ccc(C(=O)O)c(C(=O)O)c1.Cc1ccc(N2C(=O)c3ccc(C)cc3C2=O)cc1.Cc1ccc(NC(=O)c2cc(C)ccc2C(=O)O)cc1. The molecule has 6 rings (SSSR count). The van der Waals surface area contributed by atoms with Crippen molar-refractivity contribution in [3.63, 3.8) is 0 Å². The van der Waals surface area contributed by atoms with E-state index in [2.05, 4.69) is 5.32 Å². The predicted molar refractivity (Wildman–Crippen MR) is 196 cm³/mol. The number of carboxylic acids is 3. The summed E-state index contributed by atoms with van der Waals surface area (Å²) in [5.74, 6) is -4.47. The summed E-state index contributed by atoms with van der Waals surface area (Å²) in [6, 6.07) is 28.9. The Hall–Kier alpha value is -6.88. The van der Waals surface area contributed by atoms with Crippen LogP contribution in [-0.4, -0.2) is 50.9 Å². The molecule has 1 aliphatic heterocycles. The van der Waals surface area contributed by atoms with Gasteiger partial charge >= 0.3 is 17.9 Å². The van der Waals surface area contributed by atoms with E-state index in [9.17, 15) is 28.8 Å². The van der Waals surface area contributed by atoms with Crippen LogP contribution in [0.25, 0.3) is 0 Å². The van der Waals surface area contributed by atoms with Gasteiger partial charge in [0, 0.05) is 5.69 Å². The first kappa shape index (κ1) is 37.9. The minimum absolute atomic E-state index is 0.000196. The van der Waals surface area contributed by atoms with E-state index in [1.807, 2.05) is 58.0 Å². The van der Waals surface area contributed by atoms with Gasteiger partial charge in [-0.1, -0.05) is 70.3 Å². The molecule has 0 radical (unpaired) electrons. The van der Waals surface area contributed by atoms with Gasteiger partial charge in [-0.2, -0.15) is 0 Å². The quantitative estimate of drug-likeness (QED) is 0.129. The molecule has 0 fully saturated rings. The lowest BCUT2D eigenvalue weighted by Crippen LogP contribution is -2.29. The summed E-state index contributed by atoms with van der Waals surface area (Å²) in [6.45, 7) is 9.35. The van der Waals surface area contributed by atoms with Crippen LogP contribution in [0.5, 0.6) is 0 Å². The second kappa shape index (κ2) is 16.2. The molecule has 5 aromatic rings. The number of imide groups is 1. The van der Waals surface area contributed by atoms with Crippen LogP contribution in [0.15, 0.2) is 103 Å². The fraction of sp³-hybridized carbons (Fsp3) is 0.122. The Morgan fingerprint density at radius 3 is 1.38 bits per heavy atom. The topological polar surface area (TPSA) is 178 Å². The van der Waals surface area contributed by atoms with Gasteiger partial charge in [0.2, 0.25) is 0 Å². The van der Waals surface area contributed by atoms with Gasteiger partial charge in [0.25, 0.3) is 17.7 Å². The van der Waals surface area contributed by atoms with Crippen LogP contribution in [0.4, 0.5) is 11.4 Å². The van der Waals surface area contributed by atoms with E-state index >= 15 is 0 Å². The summed E-state index contributed by atoms with van der Waals surface area (Å²) >= 11 is 0.